The molecule has 0 heterocycles. The largest absolute Gasteiger partial charge is 0.352 e. The number of carbonyl (C=O) groups excluding carboxylic acids is 2. The van der Waals surface area contributed by atoms with Gasteiger partial charge in [-0.25, -0.2) is 8.42 Å². The van der Waals surface area contributed by atoms with E-state index in [4.69, 9.17) is 11.6 Å². The Kier molecular flexibility index (Phi) is 8.88. The number of amides is 2. The maximum Gasteiger partial charge on any atom is 0.253 e. The Labute approximate surface area is 188 Å². The van der Waals surface area contributed by atoms with E-state index in [2.05, 4.69) is 10.6 Å². The predicted octanol–water partition coefficient (Wildman–Crippen LogP) is 4.05. The summed E-state index contributed by atoms with van der Waals surface area (Å²) < 4.78 is 26.2. The van der Waals surface area contributed by atoms with Crippen LogP contribution in [0.3, 0.4) is 0 Å². The number of halogens is 1. The monoisotopic (exact) mass is 465 g/mol. The maximum absolute atomic E-state index is 13.1. The smallest absolute Gasteiger partial charge is 0.253 e. The van der Waals surface area contributed by atoms with Crippen LogP contribution >= 0.6 is 11.6 Å². The molecule has 0 bridgehead atoms. The first-order valence-electron chi connectivity index (χ1n) is 10.1. The molecule has 0 aliphatic carbocycles. The van der Waals surface area contributed by atoms with Gasteiger partial charge in [-0.3, -0.25) is 13.9 Å². The highest BCUT2D eigenvalue weighted by molar-refractivity contribution is 7.92. The molecule has 9 heteroatoms. The zero-order valence-electron chi connectivity index (χ0n) is 17.9. The maximum atomic E-state index is 13.1. The van der Waals surface area contributed by atoms with Crippen molar-refractivity contribution in [2.75, 3.05) is 22.4 Å². The lowest BCUT2D eigenvalue weighted by molar-refractivity contribution is -0.117. The molecule has 2 N–H and O–H groups in total. The molecule has 1 atom stereocenters. The molecule has 0 spiro atoms. The first-order chi connectivity index (χ1) is 14.7. The number of para-hydroxylation sites is 1. The van der Waals surface area contributed by atoms with Gasteiger partial charge in [0.15, 0.2) is 0 Å². The Morgan fingerprint density at radius 2 is 1.71 bits per heavy atom. The molecule has 0 aliphatic rings. The van der Waals surface area contributed by atoms with Gasteiger partial charge in [0, 0.05) is 11.6 Å². The van der Waals surface area contributed by atoms with Crippen LogP contribution in [0.2, 0.25) is 5.02 Å². The molecule has 2 amide bonds. The van der Waals surface area contributed by atoms with Crippen LogP contribution in [0, 0.1) is 0 Å². The number of sulfonamides is 1. The van der Waals surface area contributed by atoms with E-state index in [9.17, 15) is 18.0 Å². The number of carbonyl (C=O) groups is 2. The second-order valence-electron chi connectivity index (χ2n) is 7.10. The second kappa shape index (κ2) is 11.2. The third kappa shape index (κ3) is 6.70. The van der Waals surface area contributed by atoms with E-state index in [0.29, 0.717) is 28.5 Å². The topological polar surface area (TPSA) is 95.6 Å². The SMILES string of the molecule is CCCCNC(=O)c1ccccc1NC(=O)[C@@H](CC)N(c1ccc(Cl)cc1)S(C)(=O)=O. The fraction of sp³-hybridized carbons (Fsp3) is 0.364. The number of unbranched alkanes of at least 4 members (excludes halogenated alkanes) is 1. The van der Waals surface area contributed by atoms with Gasteiger partial charge in [0.05, 0.1) is 23.2 Å². The molecule has 0 unspecified atom stereocenters. The lowest BCUT2D eigenvalue weighted by Crippen LogP contribution is -2.47. The molecule has 0 aliphatic heterocycles. The fourth-order valence-corrected chi connectivity index (χ4v) is 4.47. The molecule has 2 aromatic carbocycles. The van der Waals surface area contributed by atoms with Gasteiger partial charge in [0.2, 0.25) is 15.9 Å². The van der Waals surface area contributed by atoms with Crippen LogP contribution < -0.4 is 14.9 Å². The van der Waals surface area contributed by atoms with Crippen LogP contribution in [0.25, 0.3) is 0 Å². The van der Waals surface area contributed by atoms with Crippen LogP contribution in [0.4, 0.5) is 11.4 Å². The average molecular weight is 466 g/mol. The van der Waals surface area contributed by atoms with Crippen LogP contribution in [-0.4, -0.2) is 39.1 Å². The van der Waals surface area contributed by atoms with Gasteiger partial charge in [-0.15, -0.1) is 0 Å². The van der Waals surface area contributed by atoms with Crippen molar-refractivity contribution >= 4 is 44.8 Å². The Morgan fingerprint density at radius 3 is 2.29 bits per heavy atom. The van der Waals surface area contributed by atoms with E-state index >= 15 is 0 Å². The third-order valence-corrected chi connectivity index (χ3v) is 6.09. The van der Waals surface area contributed by atoms with E-state index in [1.807, 2.05) is 6.92 Å². The van der Waals surface area contributed by atoms with Crippen LogP contribution in [0.15, 0.2) is 48.5 Å². The summed E-state index contributed by atoms with van der Waals surface area (Å²) in [7, 11) is -3.77. The third-order valence-electron chi connectivity index (χ3n) is 4.66. The molecule has 0 aromatic heterocycles. The number of hydrogen-bond acceptors (Lipinski definition) is 4. The molecule has 2 rings (SSSR count). The van der Waals surface area contributed by atoms with E-state index in [1.54, 1.807) is 55.5 Å². The number of benzene rings is 2. The molecule has 0 radical (unpaired) electrons. The molecule has 0 saturated heterocycles. The molecular weight excluding hydrogens is 438 g/mol. The molecule has 168 valence electrons. The second-order valence-corrected chi connectivity index (χ2v) is 9.40. The van der Waals surface area contributed by atoms with Crippen molar-refractivity contribution in [3.63, 3.8) is 0 Å². The standard InChI is InChI=1S/C22H28ClN3O4S/c1-4-6-15-24-21(27)18-9-7-8-10-19(18)25-22(28)20(5-2)26(31(3,29)30)17-13-11-16(23)12-14-17/h7-14,20H,4-6,15H2,1-3H3,(H,24,27)(H,25,28)/t20-/m1/s1. The van der Waals surface area contributed by atoms with Gasteiger partial charge in [0.25, 0.3) is 5.91 Å². The molecule has 2 aromatic rings. The fourth-order valence-electron chi connectivity index (χ4n) is 3.13. The zero-order valence-corrected chi connectivity index (χ0v) is 19.5. The minimum atomic E-state index is -3.77. The highest BCUT2D eigenvalue weighted by Gasteiger charge is 2.32. The minimum Gasteiger partial charge on any atom is -0.352 e. The van der Waals surface area contributed by atoms with Gasteiger partial charge < -0.3 is 10.6 Å². The van der Waals surface area contributed by atoms with Crippen molar-refractivity contribution in [1.29, 1.82) is 0 Å². The molecule has 31 heavy (non-hydrogen) atoms. The number of rotatable bonds is 10. The Balaban J connectivity index is 2.32. The molecule has 0 fully saturated rings. The zero-order chi connectivity index (χ0) is 23.0. The molecule has 7 nitrogen and oxygen atoms in total. The van der Waals surface area contributed by atoms with E-state index < -0.39 is 22.0 Å². The molecular formula is C22H28ClN3O4S. The van der Waals surface area contributed by atoms with Crippen molar-refractivity contribution in [3.8, 4) is 0 Å². The van der Waals surface area contributed by atoms with Crippen molar-refractivity contribution in [1.82, 2.24) is 5.32 Å². The van der Waals surface area contributed by atoms with Gasteiger partial charge in [-0.05, 0) is 49.2 Å². The lowest BCUT2D eigenvalue weighted by atomic mass is 10.1. The summed E-state index contributed by atoms with van der Waals surface area (Å²) in [4.78, 5) is 25.7. The van der Waals surface area contributed by atoms with Crippen molar-refractivity contribution in [3.05, 3.63) is 59.1 Å². The molecule has 0 saturated carbocycles. The van der Waals surface area contributed by atoms with E-state index in [1.165, 1.54) is 0 Å². The summed E-state index contributed by atoms with van der Waals surface area (Å²) in [5.74, 6) is -0.827. The van der Waals surface area contributed by atoms with E-state index in [0.717, 1.165) is 23.4 Å². The van der Waals surface area contributed by atoms with Gasteiger partial charge in [-0.2, -0.15) is 0 Å². The van der Waals surface area contributed by atoms with Crippen LogP contribution in [0.1, 0.15) is 43.5 Å². The van der Waals surface area contributed by atoms with Crippen molar-refractivity contribution < 1.29 is 18.0 Å². The number of nitrogens with zero attached hydrogens (tertiary/aromatic N) is 1. The predicted molar refractivity (Wildman–Crippen MR) is 125 cm³/mol. The number of nitrogens with one attached hydrogen (secondary N) is 2. The first kappa shape index (κ1) is 24.7. The minimum absolute atomic E-state index is 0.229. The van der Waals surface area contributed by atoms with Crippen LogP contribution in [-0.2, 0) is 14.8 Å². The summed E-state index contributed by atoms with van der Waals surface area (Å²) >= 11 is 5.92. The number of anilines is 2. The Morgan fingerprint density at radius 1 is 1.06 bits per heavy atom. The summed E-state index contributed by atoms with van der Waals surface area (Å²) in [6, 6.07) is 11.9. The normalized spacial score (nSPS) is 12.1. The van der Waals surface area contributed by atoms with Crippen molar-refractivity contribution in [2.45, 2.75) is 39.2 Å². The summed E-state index contributed by atoms with van der Waals surface area (Å²) in [5.41, 5.74) is 0.975. The van der Waals surface area contributed by atoms with Gasteiger partial charge in [-0.1, -0.05) is 44.0 Å². The first-order valence-corrected chi connectivity index (χ1v) is 12.3. The summed E-state index contributed by atoms with van der Waals surface area (Å²) in [6.07, 6.45) is 3.07. The van der Waals surface area contributed by atoms with Crippen molar-refractivity contribution in [2.24, 2.45) is 0 Å². The highest BCUT2D eigenvalue weighted by Crippen LogP contribution is 2.25. The van der Waals surface area contributed by atoms with E-state index in [-0.39, 0.29) is 12.3 Å². The average Bonchev–Trinajstić information content (AvgIpc) is 2.72. The lowest BCUT2D eigenvalue weighted by Gasteiger charge is -2.30. The Hall–Kier alpha value is -2.58. The number of hydrogen-bond donors (Lipinski definition) is 2. The van der Waals surface area contributed by atoms with Gasteiger partial charge in [0.1, 0.15) is 6.04 Å². The summed E-state index contributed by atoms with van der Waals surface area (Å²) in [6.45, 7) is 4.29. The van der Waals surface area contributed by atoms with Gasteiger partial charge >= 0.3 is 0 Å². The quantitative estimate of drug-likeness (QED) is 0.517. The van der Waals surface area contributed by atoms with Crippen LogP contribution in [0.5, 0.6) is 0 Å². The highest BCUT2D eigenvalue weighted by atomic mass is 35.5. The summed E-state index contributed by atoms with van der Waals surface area (Å²) in [5, 5.41) is 6.02. The Bertz CT molecular complexity index is 1010.